The van der Waals surface area contributed by atoms with Crippen LogP contribution >= 0.6 is 0 Å². The quantitative estimate of drug-likeness (QED) is 0.721. The molecule has 3 N–H and O–H groups in total. The Morgan fingerprint density at radius 1 is 1.33 bits per heavy atom. The third-order valence-corrected chi connectivity index (χ3v) is 4.12. The maximum Gasteiger partial charge on any atom is 0.344 e. The molecule has 7 nitrogen and oxygen atoms in total. The van der Waals surface area contributed by atoms with Gasteiger partial charge in [0.2, 0.25) is 0 Å². The third kappa shape index (κ3) is 3.60. The van der Waals surface area contributed by atoms with E-state index in [4.69, 9.17) is 15.6 Å². The molecule has 27 heavy (non-hydrogen) atoms. The number of para-hydroxylation sites is 1. The fourth-order valence-corrected chi connectivity index (χ4v) is 2.73. The van der Waals surface area contributed by atoms with Crippen molar-refractivity contribution in [1.82, 2.24) is 9.55 Å². The topological polar surface area (TPSA) is 114 Å². The lowest BCUT2D eigenvalue weighted by Gasteiger charge is -2.16. The molecule has 0 bridgehead atoms. The molecular formula is C20H18N4O3. The van der Waals surface area contributed by atoms with E-state index < -0.39 is 12.1 Å². The number of carbonyl (C=O) groups is 1. The molecule has 0 radical (unpaired) electrons. The smallest absolute Gasteiger partial charge is 0.344 e. The lowest BCUT2D eigenvalue weighted by atomic mass is 9.98. The van der Waals surface area contributed by atoms with Gasteiger partial charge in [-0.2, -0.15) is 5.26 Å². The summed E-state index contributed by atoms with van der Waals surface area (Å²) in [7, 11) is 1.90. The zero-order valence-corrected chi connectivity index (χ0v) is 14.9. The van der Waals surface area contributed by atoms with E-state index in [1.807, 2.05) is 30.1 Å². The first-order chi connectivity index (χ1) is 12.9. The number of anilines is 1. The Kier molecular flexibility index (Phi) is 4.81. The standard InChI is InChI=1S/C20H18N4O3/c1-12(20(25)26)27-18-6-4-3-5-14(18)15-9-17(13-7-8-24(2)11-13)23-19(22)16(15)10-21/h3-9,11-12H,1-2H3,(H2,22,23)(H,25,26). The van der Waals surface area contributed by atoms with Crippen LogP contribution in [-0.4, -0.2) is 26.7 Å². The van der Waals surface area contributed by atoms with Gasteiger partial charge in [-0.3, -0.25) is 0 Å². The van der Waals surface area contributed by atoms with Crippen LogP contribution in [0.1, 0.15) is 12.5 Å². The normalized spacial score (nSPS) is 11.6. The van der Waals surface area contributed by atoms with Crippen molar-refractivity contribution in [1.29, 1.82) is 5.26 Å². The van der Waals surface area contributed by atoms with Gasteiger partial charge in [-0.1, -0.05) is 18.2 Å². The van der Waals surface area contributed by atoms with Crippen LogP contribution in [-0.2, 0) is 11.8 Å². The molecule has 3 rings (SSSR count). The number of hydrogen-bond acceptors (Lipinski definition) is 5. The summed E-state index contributed by atoms with van der Waals surface area (Å²) in [5, 5.41) is 18.7. The highest BCUT2D eigenvalue weighted by Gasteiger charge is 2.19. The molecule has 0 saturated heterocycles. The lowest BCUT2D eigenvalue weighted by Crippen LogP contribution is -2.23. The van der Waals surface area contributed by atoms with Crippen molar-refractivity contribution >= 4 is 11.8 Å². The average molecular weight is 362 g/mol. The van der Waals surface area contributed by atoms with E-state index in [0.29, 0.717) is 22.6 Å². The summed E-state index contributed by atoms with van der Waals surface area (Å²) in [5.74, 6) is -0.618. The van der Waals surface area contributed by atoms with Crippen molar-refractivity contribution in [3.63, 3.8) is 0 Å². The van der Waals surface area contributed by atoms with Gasteiger partial charge in [0.25, 0.3) is 0 Å². The van der Waals surface area contributed by atoms with Crippen molar-refractivity contribution < 1.29 is 14.6 Å². The zero-order valence-electron chi connectivity index (χ0n) is 14.9. The molecule has 0 saturated carbocycles. The van der Waals surface area contributed by atoms with Gasteiger partial charge >= 0.3 is 5.97 Å². The van der Waals surface area contributed by atoms with E-state index in [1.54, 1.807) is 30.3 Å². The summed E-state index contributed by atoms with van der Waals surface area (Å²) in [6, 6.07) is 12.7. The molecule has 0 amide bonds. The molecule has 3 aromatic rings. The fourth-order valence-electron chi connectivity index (χ4n) is 2.73. The van der Waals surface area contributed by atoms with E-state index in [-0.39, 0.29) is 11.4 Å². The largest absolute Gasteiger partial charge is 0.479 e. The summed E-state index contributed by atoms with van der Waals surface area (Å²) in [6.45, 7) is 1.45. The first-order valence-electron chi connectivity index (χ1n) is 8.22. The number of carboxylic acids is 1. The number of nitriles is 1. The number of aliphatic carboxylic acids is 1. The van der Waals surface area contributed by atoms with E-state index in [9.17, 15) is 10.1 Å². The van der Waals surface area contributed by atoms with Crippen LogP contribution in [0.15, 0.2) is 48.8 Å². The number of carboxylic acid groups (broad SMARTS) is 1. The van der Waals surface area contributed by atoms with Gasteiger partial charge in [-0.05, 0) is 25.1 Å². The molecule has 2 heterocycles. The van der Waals surface area contributed by atoms with Crippen molar-refractivity contribution in [2.24, 2.45) is 7.05 Å². The highest BCUT2D eigenvalue weighted by molar-refractivity contribution is 5.83. The number of ether oxygens (including phenoxy) is 1. The van der Waals surface area contributed by atoms with Gasteiger partial charge in [-0.25, -0.2) is 9.78 Å². The summed E-state index contributed by atoms with van der Waals surface area (Å²) in [5.41, 5.74) is 8.84. The van der Waals surface area contributed by atoms with Gasteiger partial charge in [-0.15, -0.1) is 0 Å². The summed E-state index contributed by atoms with van der Waals surface area (Å²) >= 11 is 0. The predicted octanol–water partition coefficient (Wildman–Crippen LogP) is 3.06. The molecule has 2 aromatic heterocycles. The Morgan fingerprint density at radius 3 is 2.70 bits per heavy atom. The second kappa shape index (κ2) is 7.22. The highest BCUT2D eigenvalue weighted by atomic mass is 16.5. The molecule has 7 heteroatoms. The van der Waals surface area contributed by atoms with Crippen LogP contribution in [0.2, 0.25) is 0 Å². The number of aromatic nitrogens is 2. The summed E-state index contributed by atoms with van der Waals surface area (Å²) in [6.07, 6.45) is 2.74. The van der Waals surface area contributed by atoms with Crippen LogP contribution < -0.4 is 10.5 Å². The first-order valence-corrected chi connectivity index (χ1v) is 8.22. The molecule has 0 aliphatic heterocycles. The maximum absolute atomic E-state index is 11.2. The third-order valence-electron chi connectivity index (χ3n) is 4.12. The van der Waals surface area contributed by atoms with Crippen LogP contribution in [0.4, 0.5) is 5.82 Å². The summed E-state index contributed by atoms with van der Waals surface area (Å²) in [4.78, 5) is 15.5. The van der Waals surface area contributed by atoms with Crippen LogP contribution in [0.3, 0.4) is 0 Å². The Hall–Kier alpha value is -3.79. The highest BCUT2D eigenvalue weighted by Crippen LogP contribution is 2.36. The first kappa shape index (κ1) is 18.0. The van der Waals surface area contributed by atoms with Crippen LogP contribution in [0.25, 0.3) is 22.4 Å². The number of nitrogens with two attached hydrogens (primary N) is 1. The predicted molar refractivity (Wildman–Crippen MR) is 101 cm³/mol. The SMILES string of the molecule is CC(Oc1ccccc1-c1cc(-c2ccn(C)c2)nc(N)c1C#N)C(=O)O. The lowest BCUT2D eigenvalue weighted by molar-refractivity contribution is -0.144. The minimum Gasteiger partial charge on any atom is -0.479 e. The summed E-state index contributed by atoms with van der Waals surface area (Å²) < 4.78 is 7.46. The molecular weight excluding hydrogens is 344 g/mol. The number of aryl methyl sites for hydroxylation is 1. The number of benzene rings is 1. The maximum atomic E-state index is 11.2. The number of nitrogen functional groups attached to an aromatic ring is 1. The van der Waals surface area contributed by atoms with Crippen molar-refractivity contribution in [2.75, 3.05) is 5.73 Å². The number of rotatable bonds is 5. The molecule has 0 spiro atoms. The van der Waals surface area contributed by atoms with Gasteiger partial charge in [0.1, 0.15) is 23.2 Å². The monoisotopic (exact) mass is 362 g/mol. The fraction of sp³-hybridized carbons (Fsp3) is 0.150. The van der Waals surface area contributed by atoms with Gasteiger partial charge in [0.05, 0.1) is 5.69 Å². The minimum atomic E-state index is -1.08. The Labute approximate surface area is 156 Å². The Balaban J connectivity index is 2.18. The van der Waals surface area contributed by atoms with E-state index in [1.165, 1.54) is 6.92 Å². The number of hydrogen-bond donors (Lipinski definition) is 2. The van der Waals surface area contributed by atoms with Crippen molar-refractivity contribution in [3.8, 4) is 34.2 Å². The Morgan fingerprint density at radius 2 is 2.07 bits per heavy atom. The molecule has 0 aliphatic rings. The van der Waals surface area contributed by atoms with E-state index in [0.717, 1.165) is 5.56 Å². The molecule has 136 valence electrons. The molecule has 0 aliphatic carbocycles. The van der Waals surface area contributed by atoms with E-state index in [2.05, 4.69) is 11.1 Å². The van der Waals surface area contributed by atoms with E-state index >= 15 is 0 Å². The second-order valence-corrected chi connectivity index (χ2v) is 6.09. The molecule has 1 aromatic carbocycles. The van der Waals surface area contributed by atoms with Crippen LogP contribution in [0.5, 0.6) is 5.75 Å². The number of pyridine rings is 1. The molecule has 1 atom stereocenters. The van der Waals surface area contributed by atoms with Crippen LogP contribution in [0, 0.1) is 11.3 Å². The Bertz CT molecular complexity index is 1050. The molecule has 0 fully saturated rings. The minimum absolute atomic E-state index is 0.106. The van der Waals surface area contributed by atoms with Gasteiger partial charge in [0.15, 0.2) is 6.10 Å². The van der Waals surface area contributed by atoms with Crippen molar-refractivity contribution in [2.45, 2.75) is 13.0 Å². The van der Waals surface area contributed by atoms with Gasteiger partial charge < -0.3 is 20.1 Å². The second-order valence-electron chi connectivity index (χ2n) is 6.09. The molecule has 1 unspecified atom stereocenters. The number of nitrogens with zero attached hydrogens (tertiary/aromatic N) is 3. The average Bonchev–Trinajstić information content (AvgIpc) is 3.08. The van der Waals surface area contributed by atoms with Gasteiger partial charge in [0, 0.05) is 36.1 Å². The zero-order chi connectivity index (χ0) is 19.6. The van der Waals surface area contributed by atoms with Crippen molar-refractivity contribution in [3.05, 3.63) is 54.4 Å².